The highest BCUT2D eigenvalue weighted by atomic mass is 35.5. The lowest BCUT2D eigenvalue weighted by Crippen LogP contribution is -2.47. The number of nitrogens with zero attached hydrogens (tertiary/aromatic N) is 2. The number of nitrogens with one attached hydrogen (secondary N) is 2. The maximum atomic E-state index is 13.4. The standard InChI is InChI=1S/C23H16ClFN4O2/c1-29-19-11-10-15(24)12-18(19)20(14-6-3-2-4-7-14)27-21(22(29)30)28-23(31)26-17-9-5-8-16(25)13-17/h2-9,12-13,21H,1H3,(H2,26,28,31). The van der Waals surface area contributed by atoms with E-state index >= 15 is 0 Å². The second-order valence-corrected chi connectivity index (χ2v) is 7.16. The number of benzene rings is 2. The highest BCUT2D eigenvalue weighted by molar-refractivity contribution is 6.31. The molecule has 3 amide bonds. The van der Waals surface area contributed by atoms with Crippen molar-refractivity contribution >= 4 is 40.6 Å². The number of halogens is 2. The first-order chi connectivity index (χ1) is 14.9. The Hall–Kier alpha value is -3.89. The van der Waals surface area contributed by atoms with Gasteiger partial charge in [-0.1, -0.05) is 48.0 Å². The summed E-state index contributed by atoms with van der Waals surface area (Å²) < 4.78 is 13.4. The smallest absolute Gasteiger partial charge is 0.308 e. The maximum absolute atomic E-state index is 13.4. The van der Waals surface area contributed by atoms with E-state index in [0.717, 1.165) is 5.56 Å². The summed E-state index contributed by atoms with van der Waals surface area (Å²) in [5.41, 5.74) is 2.47. The number of urea groups is 1. The van der Waals surface area contributed by atoms with Crippen LogP contribution in [0.4, 0.5) is 20.6 Å². The first kappa shape index (κ1) is 20.4. The summed E-state index contributed by atoms with van der Waals surface area (Å²) in [5.74, 6) is -0.972. The zero-order valence-electron chi connectivity index (χ0n) is 16.3. The van der Waals surface area contributed by atoms with Gasteiger partial charge in [-0.05, 0) is 36.4 Å². The Labute approximate surface area is 183 Å². The highest BCUT2D eigenvalue weighted by Gasteiger charge is 2.31. The van der Waals surface area contributed by atoms with E-state index in [4.69, 9.17) is 11.6 Å². The monoisotopic (exact) mass is 434 g/mol. The van der Waals surface area contributed by atoms with Crippen LogP contribution in [0.2, 0.25) is 5.02 Å². The molecule has 0 fully saturated rings. The van der Waals surface area contributed by atoms with Crippen molar-refractivity contribution < 1.29 is 14.0 Å². The summed E-state index contributed by atoms with van der Waals surface area (Å²) in [5, 5.41) is 5.37. The predicted octanol–water partition coefficient (Wildman–Crippen LogP) is 4.04. The highest BCUT2D eigenvalue weighted by Crippen LogP contribution is 2.27. The van der Waals surface area contributed by atoms with Crippen LogP contribution < -0.4 is 15.5 Å². The molecule has 0 saturated heterocycles. The molecule has 0 spiro atoms. The van der Waals surface area contributed by atoms with E-state index in [1.165, 1.54) is 29.2 Å². The fourth-order valence-corrected chi connectivity index (χ4v) is 3.34. The number of aliphatic imine (C=N–C) groups is 1. The fraction of sp³-hybridized carbons (Fsp3) is 0.0870. The van der Waals surface area contributed by atoms with Gasteiger partial charge in [0.1, 0.15) is 11.5 Å². The van der Waals surface area contributed by atoms with Gasteiger partial charge in [-0.2, -0.15) is 0 Å². The Bertz CT molecular complexity index is 1180. The summed E-state index contributed by atoms with van der Waals surface area (Å²) in [6.45, 7) is 0. The molecule has 1 heterocycles. The number of amides is 3. The van der Waals surface area contributed by atoms with Crippen molar-refractivity contribution in [3.05, 3.63) is 94.8 Å². The Kier molecular flexibility index (Phi) is 5.56. The van der Waals surface area contributed by atoms with Gasteiger partial charge in [0.05, 0.1) is 10.7 Å². The molecule has 6 nitrogen and oxygen atoms in total. The summed E-state index contributed by atoms with van der Waals surface area (Å²) in [7, 11) is 1.56. The molecule has 0 aromatic heterocycles. The van der Waals surface area contributed by atoms with Crippen molar-refractivity contribution in [2.75, 3.05) is 17.3 Å². The van der Waals surface area contributed by atoms with E-state index in [-0.39, 0.29) is 5.69 Å². The van der Waals surface area contributed by atoms with E-state index in [0.29, 0.717) is 22.0 Å². The van der Waals surface area contributed by atoms with E-state index in [2.05, 4.69) is 27.8 Å². The number of anilines is 2. The van der Waals surface area contributed by atoms with Gasteiger partial charge in [-0.25, -0.2) is 14.2 Å². The van der Waals surface area contributed by atoms with Crippen LogP contribution in [-0.4, -0.2) is 30.9 Å². The van der Waals surface area contributed by atoms with Crippen LogP contribution in [0.15, 0.2) is 65.7 Å². The molecule has 1 aliphatic heterocycles. The van der Waals surface area contributed by atoms with Crippen LogP contribution in [-0.2, 0) is 4.79 Å². The Balaban J connectivity index is 1.71. The quantitative estimate of drug-likeness (QED) is 0.653. The third kappa shape index (κ3) is 4.34. The van der Waals surface area contributed by atoms with E-state index in [1.54, 1.807) is 13.1 Å². The van der Waals surface area contributed by atoms with Crippen molar-refractivity contribution in [3.63, 3.8) is 0 Å². The summed E-state index contributed by atoms with van der Waals surface area (Å²) >= 11 is 6.13. The number of carbonyl (C=O) groups excluding carboxylic acids is 2. The average molecular weight is 435 g/mol. The minimum absolute atomic E-state index is 0.247. The van der Waals surface area contributed by atoms with Crippen molar-refractivity contribution in [1.82, 2.24) is 5.32 Å². The Morgan fingerprint density at radius 2 is 1.90 bits per heavy atom. The Morgan fingerprint density at radius 3 is 2.65 bits per heavy atom. The number of likely N-dealkylation sites (N-methyl/N-ethyl adjacent to an activating group) is 1. The molecule has 0 saturated carbocycles. The van der Waals surface area contributed by atoms with Gasteiger partial charge in [-0.15, -0.1) is 0 Å². The minimum atomic E-state index is -1.23. The molecular formula is C23H16ClFN4O2. The Morgan fingerprint density at radius 1 is 1.13 bits per heavy atom. The van der Waals surface area contributed by atoms with Crippen LogP contribution in [0.1, 0.15) is 11.1 Å². The molecule has 1 atom stereocenters. The van der Waals surface area contributed by atoms with Gasteiger partial charge in [0.25, 0.3) is 5.91 Å². The van der Waals surface area contributed by atoms with Crippen molar-refractivity contribution in [2.24, 2.45) is 4.99 Å². The van der Waals surface area contributed by atoms with E-state index in [1.807, 2.05) is 30.3 Å². The van der Waals surface area contributed by atoms with Gasteiger partial charge in [-0.3, -0.25) is 4.79 Å². The van der Waals surface area contributed by atoms with Gasteiger partial charge < -0.3 is 15.5 Å². The van der Waals surface area contributed by atoms with E-state index < -0.39 is 23.9 Å². The number of hydrogen-bond acceptors (Lipinski definition) is 3. The molecule has 1 unspecified atom stereocenters. The molecular weight excluding hydrogens is 419 g/mol. The van der Waals surface area contributed by atoms with Gasteiger partial charge in [0.15, 0.2) is 0 Å². The molecule has 0 radical (unpaired) electrons. The SMILES string of the molecule is CN1C(=O)C(NC(=O)Nc2cccc(F)c2)N=C(c2ccccc2)c2cc(Cl)c#cc21. The van der Waals surface area contributed by atoms with E-state index in [9.17, 15) is 14.0 Å². The molecule has 8 heteroatoms. The van der Waals surface area contributed by atoms with Crippen LogP contribution >= 0.6 is 11.6 Å². The normalized spacial score (nSPS) is 15.3. The van der Waals surface area contributed by atoms with Crippen LogP contribution in [0.5, 0.6) is 0 Å². The van der Waals surface area contributed by atoms with Gasteiger partial charge in [0, 0.05) is 23.9 Å². The fourth-order valence-electron chi connectivity index (χ4n) is 3.19. The molecule has 3 aromatic carbocycles. The molecule has 0 aliphatic carbocycles. The van der Waals surface area contributed by atoms with Crippen LogP contribution in [0.25, 0.3) is 0 Å². The first-order valence-electron chi connectivity index (χ1n) is 9.30. The summed E-state index contributed by atoms with van der Waals surface area (Å²) in [6.07, 6.45) is -1.23. The predicted molar refractivity (Wildman–Crippen MR) is 117 cm³/mol. The third-order valence-electron chi connectivity index (χ3n) is 4.64. The lowest BCUT2D eigenvalue weighted by Gasteiger charge is -2.19. The molecule has 0 bridgehead atoms. The molecule has 2 N–H and O–H groups in total. The second-order valence-electron chi connectivity index (χ2n) is 6.76. The molecule has 31 heavy (non-hydrogen) atoms. The number of fused-ring (bicyclic) bond motifs is 1. The second kappa shape index (κ2) is 8.46. The molecule has 1 aliphatic rings. The zero-order chi connectivity index (χ0) is 22.0. The van der Waals surface area contributed by atoms with Gasteiger partial charge in [0.2, 0.25) is 6.17 Å². The summed E-state index contributed by atoms with van der Waals surface area (Å²) in [4.78, 5) is 31.5. The van der Waals surface area contributed by atoms with Crippen LogP contribution in [0.3, 0.4) is 0 Å². The minimum Gasteiger partial charge on any atom is -0.308 e. The maximum Gasteiger partial charge on any atom is 0.321 e. The third-order valence-corrected chi connectivity index (χ3v) is 4.84. The largest absolute Gasteiger partial charge is 0.321 e. The van der Waals surface area contributed by atoms with Crippen molar-refractivity contribution in [3.8, 4) is 0 Å². The topological polar surface area (TPSA) is 73.8 Å². The lowest BCUT2D eigenvalue weighted by molar-refractivity contribution is -0.119. The lowest BCUT2D eigenvalue weighted by atomic mass is 10.0. The molecule has 3 aromatic rings. The zero-order valence-corrected chi connectivity index (χ0v) is 17.1. The summed E-state index contributed by atoms with van der Waals surface area (Å²) in [6, 6.07) is 21.3. The van der Waals surface area contributed by atoms with Crippen LogP contribution in [0, 0.1) is 17.9 Å². The molecule has 154 valence electrons. The number of rotatable bonds is 3. The average Bonchev–Trinajstić information content (AvgIpc) is 2.85. The number of hydrogen-bond donors (Lipinski definition) is 2. The van der Waals surface area contributed by atoms with Crippen molar-refractivity contribution in [1.29, 1.82) is 0 Å². The van der Waals surface area contributed by atoms with Gasteiger partial charge >= 0.3 is 6.03 Å². The number of carbonyl (C=O) groups is 2. The molecule has 4 rings (SSSR count). The first-order valence-corrected chi connectivity index (χ1v) is 9.68. The van der Waals surface area contributed by atoms with Crippen molar-refractivity contribution in [2.45, 2.75) is 6.17 Å².